The number of aromatic amines is 1. The van der Waals surface area contributed by atoms with Crippen molar-refractivity contribution in [2.45, 2.75) is 6.54 Å². The van der Waals surface area contributed by atoms with E-state index in [-0.39, 0.29) is 10.7 Å². The first-order valence-electron chi connectivity index (χ1n) is 4.96. The SMILES string of the molecule is O=[N+]([O-])c1ccc(NCc2cc[nH]c2)cc1Cl. The molecule has 6 heteroatoms. The molecule has 0 unspecified atom stereocenters. The predicted octanol–water partition coefficient (Wildman–Crippen LogP) is 3.19. The Morgan fingerprint density at radius 3 is 2.82 bits per heavy atom. The second-order valence-electron chi connectivity index (χ2n) is 3.50. The van der Waals surface area contributed by atoms with Crippen LogP contribution in [0.15, 0.2) is 36.7 Å². The van der Waals surface area contributed by atoms with E-state index in [1.165, 1.54) is 6.07 Å². The highest BCUT2D eigenvalue weighted by molar-refractivity contribution is 6.32. The number of nitrogens with zero attached hydrogens (tertiary/aromatic N) is 1. The van der Waals surface area contributed by atoms with Gasteiger partial charge in [-0.3, -0.25) is 10.1 Å². The number of anilines is 1. The number of halogens is 1. The Hall–Kier alpha value is -2.01. The first kappa shape index (κ1) is 11.5. The number of nitro groups is 1. The standard InChI is InChI=1S/C11H10ClN3O2/c12-10-5-9(1-2-11(10)15(16)17)14-7-8-3-4-13-6-8/h1-6,13-14H,7H2. The van der Waals surface area contributed by atoms with Crippen molar-refractivity contribution in [2.24, 2.45) is 0 Å². The molecule has 2 aromatic rings. The zero-order valence-electron chi connectivity index (χ0n) is 8.81. The molecule has 0 aliphatic carbocycles. The fourth-order valence-corrected chi connectivity index (χ4v) is 1.69. The van der Waals surface area contributed by atoms with Gasteiger partial charge in [0.1, 0.15) is 5.02 Å². The first-order chi connectivity index (χ1) is 8.16. The van der Waals surface area contributed by atoms with E-state index in [4.69, 9.17) is 11.6 Å². The molecule has 0 aliphatic heterocycles. The Labute approximate surface area is 103 Å². The van der Waals surface area contributed by atoms with Gasteiger partial charge in [0.25, 0.3) is 5.69 Å². The average molecular weight is 252 g/mol. The van der Waals surface area contributed by atoms with Gasteiger partial charge in [0.15, 0.2) is 0 Å². The lowest BCUT2D eigenvalue weighted by Gasteiger charge is -2.05. The van der Waals surface area contributed by atoms with Gasteiger partial charge in [-0.1, -0.05) is 11.6 Å². The van der Waals surface area contributed by atoms with Gasteiger partial charge >= 0.3 is 0 Å². The minimum absolute atomic E-state index is 0.0844. The lowest BCUT2D eigenvalue weighted by atomic mass is 10.2. The van der Waals surface area contributed by atoms with E-state index in [0.717, 1.165) is 11.3 Å². The van der Waals surface area contributed by atoms with Gasteiger partial charge in [0.05, 0.1) is 4.92 Å². The summed E-state index contributed by atoms with van der Waals surface area (Å²) in [6.45, 7) is 0.637. The molecule has 0 amide bonds. The predicted molar refractivity (Wildman–Crippen MR) is 66.2 cm³/mol. The molecule has 0 aliphatic rings. The maximum atomic E-state index is 10.6. The Morgan fingerprint density at radius 2 is 2.24 bits per heavy atom. The average Bonchev–Trinajstić information content (AvgIpc) is 2.78. The van der Waals surface area contributed by atoms with Crippen LogP contribution in [0.25, 0.3) is 0 Å². The molecule has 0 saturated carbocycles. The van der Waals surface area contributed by atoms with E-state index in [0.29, 0.717) is 6.54 Å². The molecule has 88 valence electrons. The Morgan fingerprint density at radius 1 is 1.41 bits per heavy atom. The summed E-state index contributed by atoms with van der Waals surface area (Å²) in [6, 6.07) is 6.52. The third kappa shape index (κ3) is 2.76. The minimum atomic E-state index is -0.502. The number of H-pyrrole nitrogens is 1. The van der Waals surface area contributed by atoms with Crippen molar-refractivity contribution in [1.29, 1.82) is 0 Å². The van der Waals surface area contributed by atoms with Crippen molar-refractivity contribution in [2.75, 3.05) is 5.32 Å². The van der Waals surface area contributed by atoms with E-state index in [9.17, 15) is 10.1 Å². The number of hydrogen-bond acceptors (Lipinski definition) is 3. The third-order valence-corrected chi connectivity index (χ3v) is 2.61. The third-order valence-electron chi connectivity index (χ3n) is 2.30. The summed E-state index contributed by atoms with van der Waals surface area (Å²) < 4.78 is 0. The van der Waals surface area contributed by atoms with Crippen molar-refractivity contribution in [3.63, 3.8) is 0 Å². The van der Waals surface area contributed by atoms with E-state index in [2.05, 4.69) is 10.3 Å². The van der Waals surface area contributed by atoms with Crippen LogP contribution in [-0.2, 0) is 6.54 Å². The maximum Gasteiger partial charge on any atom is 0.288 e. The normalized spacial score (nSPS) is 10.2. The molecule has 0 radical (unpaired) electrons. The smallest absolute Gasteiger partial charge is 0.288 e. The summed E-state index contributed by atoms with van der Waals surface area (Å²) in [5.74, 6) is 0. The van der Waals surface area contributed by atoms with Crippen LogP contribution < -0.4 is 5.32 Å². The molecule has 2 N–H and O–H groups in total. The van der Waals surface area contributed by atoms with Crippen molar-refractivity contribution in [3.05, 3.63) is 57.4 Å². The van der Waals surface area contributed by atoms with E-state index >= 15 is 0 Å². The lowest BCUT2D eigenvalue weighted by Crippen LogP contribution is -1.98. The number of hydrogen-bond donors (Lipinski definition) is 2. The van der Waals surface area contributed by atoms with Crippen LogP contribution in [-0.4, -0.2) is 9.91 Å². The Kier molecular flexibility index (Phi) is 3.30. The summed E-state index contributed by atoms with van der Waals surface area (Å²) in [4.78, 5) is 13.0. The molecule has 2 rings (SSSR count). The highest BCUT2D eigenvalue weighted by Crippen LogP contribution is 2.27. The number of nitrogens with one attached hydrogen (secondary N) is 2. The van der Waals surface area contributed by atoms with Gasteiger partial charge in [0.2, 0.25) is 0 Å². The Balaban J connectivity index is 2.07. The topological polar surface area (TPSA) is 71.0 Å². The highest BCUT2D eigenvalue weighted by atomic mass is 35.5. The summed E-state index contributed by atoms with van der Waals surface area (Å²) in [7, 11) is 0. The van der Waals surface area contributed by atoms with Crippen molar-refractivity contribution < 1.29 is 4.92 Å². The fraction of sp³-hybridized carbons (Fsp3) is 0.0909. The van der Waals surface area contributed by atoms with Gasteiger partial charge in [-0.25, -0.2) is 0 Å². The molecular weight excluding hydrogens is 242 g/mol. The molecule has 5 nitrogen and oxygen atoms in total. The van der Waals surface area contributed by atoms with Crippen molar-refractivity contribution >= 4 is 23.0 Å². The molecule has 0 fully saturated rings. The van der Waals surface area contributed by atoms with Gasteiger partial charge < -0.3 is 10.3 Å². The molecule has 0 bridgehead atoms. The van der Waals surface area contributed by atoms with Crippen LogP contribution >= 0.6 is 11.6 Å². The largest absolute Gasteiger partial charge is 0.381 e. The van der Waals surface area contributed by atoms with E-state index < -0.39 is 4.92 Å². The van der Waals surface area contributed by atoms with Crippen LogP contribution in [0.4, 0.5) is 11.4 Å². The quantitative estimate of drug-likeness (QED) is 0.648. The molecule has 0 spiro atoms. The van der Waals surface area contributed by atoms with Gasteiger partial charge in [0, 0.05) is 30.7 Å². The van der Waals surface area contributed by atoms with Crippen molar-refractivity contribution in [3.8, 4) is 0 Å². The summed E-state index contributed by atoms with van der Waals surface area (Å²) in [5.41, 5.74) is 1.76. The summed E-state index contributed by atoms with van der Waals surface area (Å²) in [6.07, 6.45) is 3.71. The molecule has 0 atom stereocenters. The Bertz CT molecular complexity index is 526. The highest BCUT2D eigenvalue weighted by Gasteiger charge is 2.11. The zero-order chi connectivity index (χ0) is 12.3. The van der Waals surface area contributed by atoms with Gasteiger partial charge in [-0.15, -0.1) is 0 Å². The molecule has 1 aromatic heterocycles. The maximum absolute atomic E-state index is 10.6. The van der Waals surface area contributed by atoms with Crippen LogP contribution in [0.1, 0.15) is 5.56 Å². The monoisotopic (exact) mass is 251 g/mol. The number of aromatic nitrogens is 1. The van der Waals surface area contributed by atoms with E-state index in [1.807, 2.05) is 18.5 Å². The van der Waals surface area contributed by atoms with Crippen LogP contribution in [0.3, 0.4) is 0 Å². The minimum Gasteiger partial charge on any atom is -0.381 e. The molecular formula is C11H10ClN3O2. The second-order valence-corrected chi connectivity index (χ2v) is 3.90. The number of rotatable bonds is 4. The first-order valence-corrected chi connectivity index (χ1v) is 5.34. The molecule has 0 saturated heterocycles. The molecule has 17 heavy (non-hydrogen) atoms. The summed E-state index contributed by atoms with van der Waals surface area (Å²) in [5, 5.41) is 13.8. The second kappa shape index (κ2) is 4.88. The van der Waals surface area contributed by atoms with Crippen molar-refractivity contribution in [1.82, 2.24) is 4.98 Å². The number of benzene rings is 1. The van der Waals surface area contributed by atoms with Crippen LogP contribution in [0, 0.1) is 10.1 Å². The zero-order valence-corrected chi connectivity index (χ0v) is 9.57. The number of nitro benzene ring substituents is 1. The summed E-state index contributed by atoms with van der Waals surface area (Å²) >= 11 is 5.80. The van der Waals surface area contributed by atoms with Crippen LogP contribution in [0.5, 0.6) is 0 Å². The fourth-order valence-electron chi connectivity index (χ4n) is 1.44. The van der Waals surface area contributed by atoms with E-state index in [1.54, 1.807) is 12.1 Å². The van der Waals surface area contributed by atoms with Gasteiger partial charge in [-0.05, 0) is 23.8 Å². The lowest BCUT2D eigenvalue weighted by molar-refractivity contribution is -0.384. The molecule has 1 aromatic carbocycles. The van der Waals surface area contributed by atoms with Crippen LogP contribution in [0.2, 0.25) is 5.02 Å². The molecule has 1 heterocycles. The van der Waals surface area contributed by atoms with Gasteiger partial charge in [-0.2, -0.15) is 0 Å².